The van der Waals surface area contributed by atoms with Crippen LogP contribution in [0.3, 0.4) is 0 Å². The van der Waals surface area contributed by atoms with Crippen LogP contribution in [0, 0.1) is 5.82 Å². The van der Waals surface area contributed by atoms with E-state index in [1.54, 1.807) is 36.4 Å². The third-order valence-electron chi connectivity index (χ3n) is 3.84. The van der Waals surface area contributed by atoms with Gasteiger partial charge in [0.25, 0.3) is 5.91 Å². The maximum Gasteiger partial charge on any atom is 0.255 e. The first kappa shape index (κ1) is 18.5. The van der Waals surface area contributed by atoms with Gasteiger partial charge in [-0.05, 0) is 42.0 Å². The molecule has 0 aliphatic carbocycles. The van der Waals surface area contributed by atoms with E-state index in [1.807, 2.05) is 30.3 Å². The molecule has 0 radical (unpaired) electrons. The zero-order valence-electron chi connectivity index (χ0n) is 14.7. The van der Waals surface area contributed by atoms with Gasteiger partial charge in [0.1, 0.15) is 30.5 Å². The summed E-state index contributed by atoms with van der Waals surface area (Å²) < 4.78 is 24.3. The van der Waals surface area contributed by atoms with E-state index >= 15 is 0 Å². The number of carbonyl (C=O) groups excluding carboxylic acids is 1. The van der Waals surface area contributed by atoms with Crippen molar-refractivity contribution in [2.45, 2.75) is 6.61 Å². The SMILES string of the molecule is O=C(NCCOc1ccccc1)c1ccccc1OCc1ccc(F)cc1. The van der Waals surface area contributed by atoms with Crippen LogP contribution in [0.1, 0.15) is 15.9 Å². The molecule has 4 nitrogen and oxygen atoms in total. The largest absolute Gasteiger partial charge is 0.492 e. The molecule has 1 amide bonds. The number of rotatable bonds is 8. The predicted octanol–water partition coefficient (Wildman–Crippen LogP) is 4.21. The van der Waals surface area contributed by atoms with Crippen LogP contribution in [-0.4, -0.2) is 19.1 Å². The Morgan fingerprint density at radius 1 is 0.852 bits per heavy atom. The summed E-state index contributed by atoms with van der Waals surface area (Å²) in [7, 11) is 0. The van der Waals surface area contributed by atoms with Crippen LogP contribution in [-0.2, 0) is 6.61 Å². The van der Waals surface area contributed by atoms with Crippen LogP contribution >= 0.6 is 0 Å². The average molecular weight is 365 g/mol. The summed E-state index contributed by atoms with van der Waals surface area (Å²) in [6, 6.07) is 22.5. The highest BCUT2D eigenvalue weighted by Gasteiger charge is 2.12. The molecule has 0 atom stereocenters. The quantitative estimate of drug-likeness (QED) is 0.608. The van der Waals surface area contributed by atoms with Gasteiger partial charge >= 0.3 is 0 Å². The van der Waals surface area contributed by atoms with Crippen molar-refractivity contribution >= 4 is 5.91 Å². The molecule has 5 heteroatoms. The molecule has 138 valence electrons. The van der Waals surface area contributed by atoms with Crippen LogP contribution in [0.2, 0.25) is 0 Å². The number of nitrogens with one attached hydrogen (secondary N) is 1. The number of amides is 1. The van der Waals surface area contributed by atoms with E-state index in [2.05, 4.69) is 5.32 Å². The monoisotopic (exact) mass is 365 g/mol. The third kappa shape index (κ3) is 5.57. The Morgan fingerprint density at radius 3 is 2.33 bits per heavy atom. The van der Waals surface area contributed by atoms with Crippen LogP contribution in [0.15, 0.2) is 78.9 Å². The predicted molar refractivity (Wildman–Crippen MR) is 101 cm³/mol. The molecule has 1 N–H and O–H groups in total. The number of para-hydroxylation sites is 2. The Hall–Kier alpha value is -3.34. The van der Waals surface area contributed by atoms with E-state index in [-0.39, 0.29) is 18.3 Å². The van der Waals surface area contributed by atoms with Gasteiger partial charge in [-0.25, -0.2) is 4.39 Å². The van der Waals surface area contributed by atoms with Crippen molar-refractivity contribution in [2.75, 3.05) is 13.2 Å². The summed E-state index contributed by atoms with van der Waals surface area (Å²) in [6.45, 7) is 0.996. The van der Waals surface area contributed by atoms with Crippen LogP contribution in [0.4, 0.5) is 4.39 Å². The molecule has 0 saturated carbocycles. The number of benzene rings is 3. The minimum atomic E-state index is -0.295. The first-order chi connectivity index (χ1) is 13.2. The molecule has 3 aromatic carbocycles. The molecule has 27 heavy (non-hydrogen) atoms. The molecule has 0 spiro atoms. The zero-order chi connectivity index (χ0) is 18.9. The van der Waals surface area contributed by atoms with Crippen molar-refractivity contribution in [2.24, 2.45) is 0 Å². The Labute approximate surface area is 157 Å². The molecule has 0 aromatic heterocycles. The summed E-state index contributed by atoms with van der Waals surface area (Å²) >= 11 is 0. The van der Waals surface area contributed by atoms with Crippen molar-refractivity contribution in [1.82, 2.24) is 5.32 Å². The highest BCUT2D eigenvalue weighted by molar-refractivity contribution is 5.96. The topological polar surface area (TPSA) is 47.6 Å². The maximum absolute atomic E-state index is 13.0. The smallest absolute Gasteiger partial charge is 0.255 e. The van der Waals surface area contributed by atoms with E-state index in [0.717, 1.165) is 11.3 Å². The van der Waals surface area contributed by atoms with Crippen molar-refractivity contribution < 1.29 is 18.7 Å². The number of halogens is 1. The van der Waals surface area contributed by atoms with Gasteiger partial charge < -0.3 is 14.8 Å². The molecule has 0 aliphatic heterocycles. The highest BCUT2D eigenvalue weighted by atomic mass is 19.1. The molecule has 3 aromatic rings. The molecule has 0 unspecified atom stereocenters. The minimum absolute atomic E-state index is 0.235. The van der Waals surface area contributed by atoms with Crippen molar-refractivity contribution in [3.05, 3.63) is 95.8 Å². The second-order valence-electron chi connectivity index (χ2n) is 5.83. The second-order valence-corrected chi connectivity index (χ2v) is 5.83. The summed E-state index contributed by atoms with van der Waals surface area (Å²) in [5, 5.41) is 2.82. The molecule has 0 aliphatic rings. The normalized spacial score (nSPS) is 10.3. The summed E-state index contributed by atoms with van der Waals surface area (Å²) in [5.74, 6) is 0.704. The van der Waals surface area contributed by atoms with Crippen molar-refractivity contribution in [3.63, 3.8) is 0 Å². The first-order valence-corrected chi connectivity index (χ1v) is 8.65. The Bertz CT molecular complexity index is 866. The molecular formula is C22H20FNO3. The van der Waals surface area contributed by atoms with Gasteiger partial charge in [-0.1, -0.05) is 42.5 Å². The lowest BCUT2D eigenvalue weighted by Crippen LogP contribution is -2.28. The Morgan fingerprint density at radius 2 is 1.56 bits per heavy atom. The van der Waals surface area contributed by atoms with Crippen LogP contribution < -0.4 is 14.8 Å². The second kappa shape index (κ2) is 9.38. The van der Waals surface area contributed by atoms with E-state index in [0.29, 0.717) is 24.5 Å². The van der Waals surface area contributed by atoms with Crippen LogP contribution in [0.25, 0.3) is 0 Å². The lowest BCUT2D eigenvalue weighted by molar-refractivity contribution is 0.0942. The van der Waals surface area contributed by atoms with Crippen molar-refractivity contribution in [1.29, 1.82) is 0 Å². The summed E-state index contributed by atoms with van der Waals surface area (Å²) in [6.07, 6.45) is 0. The highest BCUT2D eigenvalue weighted by Crippen LogP contribution is 2.19. The maximum atomic E-state index is 13.0. The third-order valence-corrected chi connectivity index (χ3v) is 3.84. The fourth-order valence-electron chi connectivity index (χ4n) is 2.47. The molecule has 0 saturated heterocycles. The minimum Gasteiger partial charge on any atom is -0.492 e. The van der Waals surface area contributed by atoms with Crippen LogP contribution in [0.5, 0.6) is 11.5 Å². The molecule has 0 bridgehead atoms. The standard InChI is InChI=1S/C22H20FNO3/c23-18-12-10-17(11-13-18)16-27-21-9-5-4-8-20(21)22(25)24-14-15-26-19-6-2-1-3-7-19/h1-13H,14-16H2,(H,24,25). The van der Waals surface area contributed by atoms with Gasteiger partial charge in [-0.15, -0.1) is 0 Å². The number of hydrogen-bond acceptors (Lipinski definition) is 3. The van der Waals surface area contributed by atoms with Gasteiger partial charge in [0.2, 0.25) is 0 Å². The fraction of sp³-hybridized carbons (Fsp3) is 0.136. The van der Waals surface area contributed by atoms with Crippen molar-refractivity contribution in [3.8, 4) is 11.5 Å². The van der Waals surface area contributed by atoms with Gasteiger partial charge in [0.15, 0.2) is 0 Å². The van der Waals surface area contributed by atoms with Gasteiger partial charge in [-0.2, -0.15) is 0 Å². The fourth-order valence-corrected chi connectivity index (χ4v) is 2.47. The summed E-state index contributed by atoms with van der Waals surface area (Å²) in [4.78, 5) is 12.4. The number of ether oxygens (including phenoxy) is 2. The molecule has 0 heterocycles. The lowest BCUT2D eigenvalue weighted by atomic mass is 10.2. The number of hydrogen-bond donors (Lipinski definition) is 1. The summed E-state index contributed by atoms with van der Waals surface area (Å²) in [5.41, 5.74) is 1.27. The molecular weight excluding hydrogens is 345 g/mol. The average Bonchev–Trinajstić information content (AvgIpc) is 2.71. The Kier molecular flexibility index (Phi) is 6.41. The van der Waals surface area contributed by atoms with E-state index in [1.165, 1.54) is 12.1 Å². The van der Waals surface area contributed by atoms with Gasteiger partial charge in [0.05, 0.1) is 12.1 Å². The first-order valence-electron chi connectivity index (χ1n) is 8.65. The van der Waals surface area contributed by atoms with E-state index in [4.69, 9.17) is 9.47 Å². The van der Waals surface area contributed by atoms with Gasteiger partial charge in [-0.3, -0.25) is 4.79 Å². The van der Waals surface area contributed by atoms with E-state index in [9.17, 15) is 9.18 Å². The molecule has 3 rings (SSSR count). The van der Waals surface area contributed by atoms with E-state index < -0.39 is 0 Å². The van der Waals surface area contributed by atoms with Gasteiger partial charge in [0, 0.05) is 0 Å². The number of carbonyl (C=O) groups is 1. The lowest BCUT2D eigenvalue weighted by Gasteiger charge is -2.12. The zero-order valence-corrected chi connectivity index (χ0v) is 14.7. The Balaban J connectivity index is 1.52. The molecule has 0 fully saturated rings.